The van der Waals surface area contributed by atoms with E-state index in [1.165, 1.54) is 4.88 Å². The molecule has 118 valence electrons. The molecule has 0 fully saturated rings. The van der Waals surface area contributed by atoms with Crippen molar-refractivity contribution in [1.29, 1.82) is 0 Å². The molecule has 3 rings (SSSR count). The Bertz CT molecular complexity index is 800. The smallest absolute Gasteiger partial charge is 0.187 e. The van der Waals surface area contributed by atoms with Gasteiger partial charge in [0.05, 0.1) is 15.7 Å². The molecule has 1 N–H and O–H groups in total. The van der Waals surface area contributed by atoms with Gasteiger partial charge in [0.15, 0.2) is 5.13 Å². The lowest BCUT2D eigenvalue weighted by atomic mass is 10.1. The fraction of sp³-hybridized carbons (Fsp3) is 0.167. The van der Waals surface area contributed by atoms with Crippen LogP contribution in [-0.4, -0.2) is 4.98 Å². The highest BCUT2D eigenvalue weighted by atomic mass is 35.5. The highest BCUT2D eigenvalue weighted by Crippen LogP contribution is 2.34. The Morgan fingerprint density at radius 1 is 1.04 bits per heavy atom. The van der Waals surface area contributed by atoms with Crippen LogP contribution in [0.1, 0.15) is 18.2 Å². The van der Waals surface area contributed by atoms with Gasteiger partial charge >= 0.3 is 0 Å². The van der Waals surface area contributed by atoms with Crippen LogP contribution in [-0.2, 0) is 6.42 Å². The van der Waals surface area contributed by atoms with Crippen LogP contribution >= 0.6 is 34.5 Å². The van der Waals surface area contributed by atoms with E-state index in [1.807, 2.05) is 30.3 Å². The second-order valence-electron chi connectivity index (χ2n) is 5.16. The van der Waals surface area contributed by atoms with Crippen LogP contribution in [0.15, 0.2) is 48.5 Å². The van der Waals surface area contributed by atoms with Gasteiger partial charge in [0.1, 0.15) is 0 Å². The van der Waals surface area contributed by atoms with Crippen LogP contribution in [0.25, 0.3) is 11.3 Å². The number of aryl methyl sites for hydroxylation is 1. The fourth-order valence-electron chi connectivity index (χ4n) is 2.32. The van der Waals surface area contributed by atoms with Crippen molar-refractivity contribution in [3.05, 3.63) is 63.5 Å². The molecule has 0 aliphatic heterocycles. The van der Waals surface area contributed by atoms with Crippen molar-refractivity contribution in [3.63, 3.8) is 0 Å². The topological polar surface area (TPSA) is 24.9 Å². The molecule has 0 saturated carbocycles. The predicted molar refractivity (Wildman–Crippen MR) is 101 cm³/mol. The summed E-state index contributed by atoms with van der Waals surface area (Å²) in [6, 6.07) is 15.8. The van der Waals surface area contributed by atoms with Crippen LogP contribution in [0.3, 0.4) is 0 Å². The molecule has 0 atom stereocenters. The van der Waals surface area contributed by atoms with Crippen molar-refractivity contribution in [3.8, 4) is 11.3 Å². The van der Waals surface area contributed by atoms with Crippen LogP contribution in [0, 0.1) is 0 Å². The van der Waals surface area contributed by atoms with E-state index in [2.05, 4.69) is 24.4 Å². The standard InChI is InChI=1S/C18H16Cl2N2S/c1-2-6-16-17(12-7-4-3-5-8-12)22-18(23-16)21-13-9-10-14(19)15(20)11-13/h3-5,7-11H,2,6H2,1H3,(H,21,22). The van der Waals surface area contributed by atoms with Gasteiger partial charge in [0.2, 0.25) is 0 Å². The van der Waals surface area contributed by atoms with E-state index in [1.54, 1.807) is 17.4 Å². The van der Waals surface area contributed by atoms with E-state index in [0.29, 0.717) is 10.0 Å². The van der Waals surface area contributed by atoms with Crippen molar-refractivity contribution in [2.24, 2.45) is 0 Å². The Balaban J connectivity index is 1.92. The van der Waals surface area contributed by atoms with Crippen LogP contribution in [0.2, 0.25) is 10.0 Å². The summed E-state index contributed by atoms with van der Waals surface area (Å²) >= 11 is 13.7. The van der Waals surface area contributed by atoms with Gasteiger partial charge in [0, 0.05) is 16.1 Å². The summed E-state index contributed by atoms with van der Waals surface area (Å²) in [6.07, 6.45) is 2.11. The van der Waals surface area contributed by atoms with E-state index in [9.17, 15) is 0 Å². The number of rotatable bonds is 5. The van der Waals surface area contributed by atoms with Crippen LogP contribution < -0.4 is 5.32 Å². The molecule has 1 heterocycles. The first-order valence-corrected chi connectivity index (χ1v) is 9.02. The van der Waals surface area contributed by atoms with E-state index in [4.69, 9.17) is 28.2 Å². The van der Waals surface area contributed by atoms with E-state index >= 15 is 0 Å². The highest BCUT2D eigenvalue weighted by Gasteiger charge is 2.13. The number of nitrogens with one attached hydrogen (secondary N) is 1. The van der Waals surface area contributed by atoms with E-state index in [0.717, 1.165) is 34.9 Å². The lowest BCUT2D eigenvalue weighted by Gasteiger charge is -2.03. The number of hydrogen-bond acceptors (Lipinski definition) is 3. The quantitative estimate of drug-likeness (QED) is 0.538. The molecule has 2 nitrogen and oxygen atoms in total. The van der Waals surface area contributed by atoms with Crippen molar-refractivity contribution in [1.82, 2.24) is 4.98 Å². The summed E-state index contributed by atoms with van der Waals surface area (Å²) < 4.78 is 0. The Morgan fingerprint density at radius 3 is 2.52 bits per heavy atom. The zero-order valence-electron chi connectivity index (χ0n) is 12.6. The first-order chi connectivity index (χ1) is 11.2. The van der Waals surface area contributed by atoms with Gasteiger partial charge in [-0.3, -0.25) is 0 Å². The highest BCUT2D eigenvalue weighted by molar-refractivity contribution is 7.16. The Hall–Kier alpha value is -1.55. The third-order valence-corrected chi connectivity index (χ3v) is 5.16. The maximum Gasteiger partial charge on any atom is 0.187 e. The zero-order chi connectivity index (χ0) is 16.2. The summed E-state index contributed by atoms with van der Waals surface area (Å²) in [5.74, 6) is 0. The Kier molecular flexibility index (Phi) is 5.21. The molecule has 3 aromatic rings. The summed E-state index contributed by atoms with van der Waals surface area (Å²) in [5, 5.41) is 5.27. The number of anilines is 2. The first-order valence-electron chi connectivity index (χ1n) is 7.44. The molecule has 0 saturated heterocycles. The Morgan fingerprint density at radius 2 is 1.83 bits per heavy atom. The Labute approximate surface area is 150 Å². The van der Waals surface area contributed by atoms with Crippen LogP contribution in [0.4, 0.5) is 10.8 Å². The lowest BCUT2D eigenvalue weighted by Crippen LogP contribution is -1.89. The molecule has 0 aliphatic carbocycles. The van der Waals surface area contributed by atoms with E-state index in [-0.39, 0.29) is 0 Å². The molecular weight excluding hydrogens is 347 g/mol. The molecule has 5 heteroatoms. The molecule has 0 spiro atoms. The molecule has 1 aromatic heterocycles. The third-order valence-electron chi connectivity index (χ3n) is 3.39. The van der Waals surface area contributed by atoms with Crippen molar-refractivity contribution in [2.45, 2.75) is 19.8 Å². The normalized spacial score (nSPS) is 10.7. The summed E-state index contributed by atoms with van der Waals surface area (Å²) in [6.45, 7) is 2.18. The number of halogens is 2. The monoisotopic (exact) mass is 362 g/mol. The van der Waals surface area contributed by atoms with Gasteiger partial charge in [0.25, 0.3) is 0 Å². The van der Waals surface area contributed by atoms with Gasteiger partial charge in [-0.15, -0.1) is 11.3 Å². The molecule has 2 aromatic carbocycles. The number of hydrogen-bond donors (Lipinski definition) is 1. The second kappa shape index (κ2) is 7.35. The van der Waals surface area contributed by atoms with Gasteiger partial charge in [-0.05, 0) is 24.6 Å². The minimum Gasteiger partial charge on any atom is -0.331 e. The average Bonchev–Trinajstić information content (AvgIpc) is 2.95. The largest absolute Gasteiger partial charge is 0.331 e. The maximum absolute atomic E-state index is 6.07. The fourth-order valence-corrected chi connectivity index (χ4v) is 3.72. The van der Waals surface area contributed by atoms with Gasteiger partial charge in [-0.1, -0.05) is 66.9 Å². The summed E-state index contributed by atoms with van der Waals surface area (Å²) in [4.78, 5) is 6.07. The number of aromatic nitrogens is 1. The molecule has 0 unspecified atom stereocenters. The summed E-state index contributed by atoms with van der Waals surface area (Å²) in [7, 11) is 0. The molecule has 0 aliphatic rings. The number of nitrogens with zero attached hydrogens (tertiary/aromatic N) is 1. The third kappa shape index (κ3) is 3.86. The minimum absolute atomic E-state index is 0.533. The zero-order valence-corrected chi connectivity index (χ0v) is 15.0. The van der Waals surface area contributed by atoms with E-state index < -0.39 is 0 Å². The van der Waals surface area contributed by atoms with Crippen molar-refractivity contribution < 1.29 is 0 Å². The molecule has 23 heavy (non-hydrogen) atoms. The average molecular weight is 363 g/mol. The molecule has 0 radical (unpaired) electrons. The van der Waals surface area contributed by atoms with Gasteiger partial charge < -0.3 is 5.32 Å². The lowest BCUT2D eigenvalue weighted by molar-refractivity contribution is 0.938. The summed E-state index contributed by atoms with van der Waals surface area (Å²) in [5.41, 5.74) is 3.09. The first kappa shape index (κ1) is 16.3. The second-order valence-corrected chi connectivity index (χ2v) is 7.06. The predicted octanol–water partition coefficient (Wildman–Crippen LogP) is 6.81. The number of benzene rings is 2. The van der Waals surface area contributed by atoms with Gasteiger partial charge in [-0.25, -0.2) is 4.98 Å². The minimum atomic E-state index is 0.533. The maximum atomic E-state index is 6.07. The number of thiazole rings is 1. The SMILES string of the molecule is CCCc1sc(Nc2ccc(Cl)c(Cl)c2)nc1-c1ccccc1. The molecule has 0 amide bonds. The molecular formula is C18H16Cl2N2S. The van der Waals surface area contributed by atoms with Crippen LogP contribution in [0.5, 0.6) is 0 Å². The van der Waals surface area contributed by atoms with Crippen molar-refractivity contribution in [2.75, 3.05) is 5.32 Å². The van der Waals surface area contributed by atoms with Gasteiger partial charge in [-0.2, -0.15) is 0 Å². The molecule has 0 bridgehead atoms. The van der Waals surface area contributed by atoms with Crippen molar-refractivity contribution >= 4 is 45.4 Å².